The van der Waals surface area contributed by atoms with Gasteiger partial charge in [-0.25, -0.2) is 4.98 Å². The number of aromatic nitrogens is 4. The van der Waals surface area contributed by atoms with Crippen LogP contribution in [0.5, 0.6) is 11.5 Å². The summed E-state index contributed by atoms with van der Waals surface area (Å²) in [6, 6.07) is 44.1. The monoisotopic (exact) mass is 971 g/mol. The number of pyridine rings is 1. The summed E-state index contributed by atoms with van der Waals surface area (Å²) in [6.45, 7) is 27.0. The third-order valence-corrected chi connectivity index (χ3v) is 11.3. The first-order valence-electron chi connectivity index (χ1n) is 20.7. The first kappa shape index (κ1) is 42.9. The van der Waals surface area contributed by atoms with Crippen molar-refractivity contribution in [1.29, 1.82) is 0 Å². The van der Waals surface area contributed by atoms with Crippen molar-refractivity contribution in [3.8, 4) is 39.8 Å². The second-order valence-corrected chi connectivity index (χ2v) is 20.0. The van der Waals surface area contributed by atoms with E-state index in [1.165, 1.54) is 16.7 Å². The molecule has 5 aromatic carbocycles. The molecule has 8 aromatic rings. The third-order valence-electron chi connectivity index (χ3n) is 11.3. The van der Waals surface area contributed by atoms with Crippen molar-refractivity contribution < 1.29 is 30.4 Å². The number of para-hydroxylation sites is 1. The van der Waals surface area contributed by atoms with Gasteiger partial charge in [-0.1, -0.05) is 137 Å². The molecule has 0 atom stereocenters. The van der Waals surface area contributed by atoms with Crippen LogP contribution < -0.4 is 9.30 Å². The molecule has 0 aliphatic rings. The van der Waals surface area contributed by atoms with Gasteiger partial charge in [0.05, 0.1) is 5.69 Å². The van der Waals surface area contributed by atoms with Crippen LogP contribution in [-0.2, 0) is 42.7 Å². The van der Waals surface area contributed by atoms with Crippen LogP contribution in [0.4, 0.5) is 0 Å². The number of fused-ring (bicyclic) bond motifs is 3. The van der Waals surface area contributed by atoms with Gasteiger partial charge in [0.1, 0.15) is 5.82 Å². The second kappa shape index (κ2) is 15.7. The summed E-state index contributed by atoms with van der Waals surface area (Å²) in [4.78, 5) is 4.91. The maximum absolute atomic E-state index is 6.72. The summed E-state index contributed by atoms with van der Waals surface area (Å²) in [5, 5.41) is 2.22. The van der Waals surface area contributed by atoms with Crippen molar-refractivity contribution >= 4 is 21.8 Å². The van der Waals surface area contributed by atoms with Crippen LogP contribution in [0.15, 0.2) is 122 Å². The summed E-state index contributed by atoms with van der Waals surface area (Å²) in [5.41, 5.74) is 11.2. The number of imidazole rings is 1. The minimum Gasteiger partial charge on any atom is -0.510 e. The molecule has 310 valence electrons. The van der Waals surface area contributed by atoms with E-state index in [4.69, 9.17) is 9.72 Å². The SMILES string of the molecule is CC(C)(C)c1ccc(-c2ccnc(-n3c4[c-]c(Oc5[c-]c(-n6[c-][n+](-c7cc(C(C)(C)C)cc(C(C)(C)C)c7)cc6)cc(C(C)(C)C)c5)ccc4c4ccccc43)c2)cc1.[Pt]. The van der Waals surface area contributed by atoms with Crippen molar-refractivity contribution in [2.24, 2.45) is 0 Å². The summed E-state index contributed by atoms with van der Waals surface area (Å²) < 4.78 is 13.0. The summed E-state index contributed by atoms with van der Waals surface area (Å²) in [5.74, 6) is 2.04. The molecular formula is C54H56N4OPt-2. The second-order valence-electron chi connectivity index (χ2n) is 20.0. The molecule has 0 unspecified atom stereocenters. The van der Waals surface area contributed by atoms with E-state index in [-0.39, 0.29) is 42.7 Å². The summed E-state index contributed by atoms with van der Waals surface area (Å²) in [7, 11) is 0. The smallest absolute Gasteiger partial charge is 0.267 e. The van der Waals surface area contributed by atoms with Gasteiger partial charge >= 0.3 is 0 Å². The topological polar surface area (TPSA) is 35.9 Å². The van der Waals surface area contributed by atoms with Crippen LogP contribution in [0, 0.1) is 18.5 Å². The van der Waals surface area contributed by atoms with E-state index in [1.807, 2.05) is 23.0 Å². The fourth-order valence-corrected chi connectivity index (χ4v) is 7.53. The molecule has 0 fully saturated rings. The molecule has 0 saturated heterocycles. The van der Waals surface area contributed by atoms with Crippen LogP contribution in [-0.4, -0.2) is 14.1 Å². The minimum atomic E-state index is -0.141. The van der Waals surface area contributed by atoms with Gasteiger partial charge in [0.2, 0.25) is 0 Å². The Morgan fingerprint density at radius 3 is 1.85 bits per heavy atom. The van der Waals surface area contributed by atoms with Crippen molar-refractivity contribution in [3.05, 3.63) is 162 Å². The zero-order chi connectivity index (χ0) is 42.1. The van der Waals surface area contributed by atoms with Crippen LogP contribution >= 0.6 is 0 Å². The molecule has 0 aliphatic heterocycles. The van der Waals surface area contributed by atoms with Gasteiger partial charge in [0.15, 0.2) is 0 Å². The summed E-state index contributed by atoms with van der Waals surface area (Å²) >= 11 is 0. The largest absolute Gasteiger partial charge is 0.510 e. The van der Waals surface area contributed by atoms with E-state index in [0.717, 1.165) is 55.7 Å². The van der Waals surface area contributed by atoms with Crippen LogP contribution in [0.25, 0.3) is 50.1 Å². The molecule has 60 heavy (non-hydrogen) atoms. The first-order chi connectivity index (χ1) is 27.7. The maximum atomic E-state index is 6.72. The van der Waals surface area contributed by atoms with Crippen molar-refractivity contribution in [2.75, 3.05) is 0 Å². The number of hydrogen-bond acceptors (Lipinski definition) is 2. The molecule has 0 amide bonds. The van der Waals surface area contributed by atoms with E-state index in [9.17, 15) is 0 Å². The standard InChI is InChI=1S/C54H56N4O.Pt/c1-51(2,3)38-19-17-36(18-20-38)37-23-24-55-50(27-37)58-48-16-14-13-15-46(48)47-22-21-44(34-49(47)58)59-45-32-41(54(10,11)12)31-43(33-45)57-26-25-56(35-57)42-29-39(52(4,5)6)28-40(30-42)53(7,8)9;/h13-32H,1-12H3;/q-2;. The van der Waals surface area contributed by atoms with Crippen LogP contribution in [0.3, 0.4) is 0 Å². The molecule has 0 spiro atoms. The van der Waals surface area contributed by atoms with E-state index in [2.05, 4.69) is 214 Å². The number of rotatable bonds is 6. The number of hydrogen-bond donors (Lipinski definition) is 0. The fourth-order valence-electron chi connectivity index (χ4n) is 7.53. The Balaban J connectivity index is 0.00000544. The van der Waals surface area contributed by atoms with Crippen molar-refractivity contribution in [1.82, 2.24) is 14.1 Å². The van der Waals surface area contributed by atoms with Crippen molar-refractivity contribution in [2.45, 2.75) is 105 Å². The molecule has 8 rings (SSSR count). The zero-order valence-electron chi connectivity index (χ0n) is 37.1. The Morgan fingerprint density at radius 2 is 1.20 bits per heavy atom. The molecule has 3 heterocycles. The van der Waals surface area contributed by atoms with Crippen LogP contribution in [0.1, 0.15) is 105 Å². The molecular weight excluding hydrogens is 916 g/mol. The van der Waals surface area contributed by atoms with E-state index in [1.54, 1.807) is 0 Å². The normalized spacial score (nSPS) is 12.5. The van der Waals surface area contributed by atoms with Crippen molar-refractivity contribution in [3.63, 3.8) is 0 Å². The van der Waals surface area contributed by atoms with Gasteiger partial charge in [-0.05, 0) is 90.9 Å². The van der Waals surface area contributed by atoms with E-state index >= 15 is 0 Å². The summed E-state index contributed by atoms with van der Waals surface area (Å²) in [6.07, 6.45) is 9.59. The Hall–Kier alpha value is -5.25. The zero-order valence-corrected chi connectivity index (χ0v) is 39.3. The first-order valence-corrected chi connectivity index (χ1v) is 20.7. The molecule has 0 aliphatic carbocycles. The van der Waals surface area contributed by atoms with E-state index < -0.39 is 0 Å². The van der Waals surface area contributed by atoms with Gasteiger partial charge in [-0.2, -0.15) is 17.7 Å². The molecule has 3 aromatic heterocycles. The predicted molar refractivity (Wildman–Crippen MR) is 243 cm³/mol. The van der Waals surface area contributed by atoms with Gasteiger partial charge in [-0.15, -0.1) is 29.7 Å². The molecule has 0 saturated carbocycles. The third kappa shape index (κ3) is 8.66. The van der Waals surface area contributed by atoms with Gasteiger partial charge in [0.25, 0.3) is 6.33 Å². The average molecular weight is 972 g/mol. The molecule has 5 nitrogen and oxygen atoms in total. The average Bonchev–Trinajstić information content (AvgIpc) is 3.80. The number of ether oxygens (including phenoxy) is 1. The quantitative estimate of drug-likeness (QED) is 0.123. The molecule has 0 N–H and O–H groups in total. The Labute approximate surface area is 371 Å². The number of nitrogens with zero attached hydrogens (tertiary/aromatic N) is 4. The molecule has 6 heteroatoms. The Morgan fingerprint density at radius 1 is 0.567 bits per heavy atom. The van der Waals surface area contributed by atoms with E-state index in [0.29, 0.717) is 11.5 Å². The predicted octanol–water partition coefficient (Wildman–Crippen LogP) is 13.3. The number of benzene rings is 5. The van der Waals surface area contributed by atoms with Crippen LogP contribution in [0.2, 0.25) is 0 Å². The molecule has 0 radical (unpaired) electrons. The fraction of sp³-hybridized carbons (Fsp3) is 0.296. The Bertz CT molecular complexity index is 2800. The molecule has 0 bridgehead atoms. The van der Waals surface area contributed by atoms with Gasteiger partial charge < -0.3 is 13.9 Å². The Kier molecular flexibility index (Phi) is 11.2. The van der Waals surface area contributed by atoms with Gasteiger partial charge in [0, 0.05) is 56.7 Å². The maximum Gasteiger partial charge on any atom is 0.267 e. The minimum absolute atomic E-state index is 0. The van der Waals surface area contributed by atoms with Gasteiger partial charge in [-0.3, -0.25) is 4.57 Å².